The number of nitrogens with one attached hydrogen (secondary N) is 2. The van der Waals surface area contributed by atoms with Gasteiger partial charge < -0.3 is 20.3 Å². The molecule has 9 nitrogen and oxygen atoms in total. The van der Waals surface area contributed by atoms with Gasteiger partial charge in [0.1, 0.15) is 10.6 Å². The molecule has 1 saturated heterocycles. The van der Waals surface area contributed by atoms with E-state index in [-0.39, 0.29) is 12.1 Å². The van der Waals surface area contributed by atoms with E-state index in [4.69, 9.17) is 9.72 Å². The molecule has 2 N–H and O–H groups in total. The van der Waals surface area contributed by atoms with Gasteiger partial charge >= 0.3 is 6.03 Å². The highest BCUT2D eigenvalue weighted by Gasteiger charge is 2.35. The van der Waals surface area contributed by atoms with Crippen molar-refractivity contribution in [2.45, 2.75) is 44.4 Å². The molecule has 184 valence electrons. The van der Waals surface area contributed by atoms with Crippen molar-refractivity contribution in [1.29, 1.82) is 0 Å². The SMILES string of the molecule is C[C@H]1COCCN1c1cc(C(C)(C)S(C)(=O)=O)nc(-c2ccc(NC(=O)NCC3CC3)cc2)n1. The van der Waals surface area contributed by atoms with E-state index >= 15 is 0 Å². The molecule has 1 saturated carbocycles. The van der Waals surface area contributed by atoms with Crippen LogP contribution >= 0.6 is 0 Å². The monoisotopic (exact) mass is 487 g/mol. The van der Waals surface area contributed by atoms with Gasteiger partial charge in [-0.15, -0.1) is 0 Å². The summed E-state index contributed by atoms with van der Waals surface area (Å²) >= 11 is 0. The molecule has 2 aliphatic rings. The zero-order chi connectivity index (χ0) is 24.5. The van der Waals surface area contributed by atoms with Gasteiger partial charge in [-0.25, -0.2) is 23.2 Å². The molecule has 1 aliphatic carbocycles. The first-order valence-electron chi connectivity index (χ1n) is 11.6. The number of hydrogen-bond donors (Lipinski definition) is 2. The summed E-state index contributed by atoms with van der Waals surface area (Å²) in [7, 11) is -3.43. The van der Waals surface area contributed by atoms with Gasteiger partial charge in [0.15, 0.2) is 15.7 Å². The number of nitrogens with zero attached hydrogens (tertiary/aromatic N) is 3. The van der Waals surface area contributed by atoms with E-state index in [1.54, 1.807) is 32.0 Å². The number of amides is 2. The number of morpholine rings is 1. The highest BCUT2D eigenvalue weighted by molar-refractivity contribution is 7.91. The number of carbonyl (C=O) groups is 1. The van der Waals surface area contributed by atoms with Gasteiger partial charge in [-0.2, -0.15) is 0 Å². The second-order valence-corrected chi connectivity index (χ2v) is 12.3. The molecule has 0 bridgehead atoms. The molecule has 2 fully saturated rings. The van der Waals surface area contributed by atoms with Crippen LogP contribution in [-0.2, 0) is 19.3 Å². The summed E-state index contributed by atoms with van der Waals surface area (Å²) in [6, 6.07) is 8.89. The average molecular weight is 488 g/mol. The van der Waals surface area contributed by atoms with Crippen LogP contribution in [0.3, 0.4) is 0 Å². The number of benzene rings is 1. The first-order valence-corrected chi connectivity index (χ1v) is 13.5. The second-order valence-electron chi connectivity index (χ2n) is 9.69. The van der Waals surface area contributed by atoms with Gasteiger partial charge in [-0.3, -0.25) is 0 Å². The van der Waals surface area contributed by atoms with Crippen molar-refractivity contribution >= 4 is 27.4 Å². The second kappa shape index (κ2) is 9.50. The predicted octanol–water partition coefficient (Wildman–Crippen LogP) is 3.18. The topological polar surface area (TPSA) is 114 Å². The standard InChI is InChI=1S/C24H33N5O4S/c1-16-15-33-12-11-29(16)21-13-20(24(2,3)34(4,31)32)27-22(28-21)18-7-9-19(10-8-18)26-23(30)25-14-17-5-6-17/h7-10,13,16-17H,5-6,11-12,14-15H2,1-4H3,(H2,25,26,30)/t16-/m0/s1. The van der Waals surface area contributed by atoms with Gasteiger partial charge in [0, 0.05) is 36.7 Å². The smallest absolute Gasteiger partial charge is 0.319 e. The fraction of sp³-hybridized carbons (Fsp3) is 0.542. The van der Waals surface area contributed by atoms with E-state index < -0.39 is 14.6 Å². The number of urea groups is 1. The largest absolute Gasteiger partial charge is 0.377 e. The molecule has 2 aromatic rings. The zero-order valence-corrected chi connectivity index (χ0v) is 21.0. The fourth-order valence-electron chi connectivity index (χ4n) is 3.71. The Morgan fingerprint density at radius 2 is 1.91 bits per heavy atom. The molecule has 0 unspecified atom stereocenters. The Morgan fingerprint density at radius 3 is 2.53 bits per heavy atom. The quantitative estimate of drug-likeness (QED) is 0.617. The van der Waals surface area contributed by atoms with E-state index in [9.17, 15) is 13.2 Å². The fourth-order valence-corrected chi connectivity index (χ4v) is 4.20. The summed E-state index contributed by atoms with van der Waals surface area (Å²) in [6.45, 7) is 7.89. The normalized spacial score (nSPS) is 19.1. The van der Waals surface area contributed by atoms with Gasteiger partial charge in [0.25, 0.3) is 0 Å². The lowest BCUT2D eigenvalue weighted by Gasteiger charge is -2.35. The number of carbonyl (C=O) groups excluding carboxylic acids is 1. The van der Waals surface area contributed by atoms with Crippen LogP contribution in [0.5, 0.6) is 0 Å². The lowest BCUT2D eigenvalue weighted by Crippen LogP contribution is -2.44. The minimum absolute atomic E-state index is 0.103. The minimum atomic E-state index is -3.43. The summed E-state index contributed by atoms with van der Waals surface area (Å²) in [4.78, 5) is 23.6. The van der Waals surface area contributed by atoms with Crippen molar-refractivity contribution in [1.82, 2.24) is 15.3 Å². The first kappa shape index (κ1) is 24.4. The zero-order valence-electron chi connectivity index (χ0n) is 20.2. The molecule has 2 heterocycles. The third kappa shape index (κ3) is 5.50. The minimum Gasteiger partial charge on any atom is -0.377 e. The molecular weight excluding hydrogens is 454 g/mol. The third-order valence-corrected chi connectivity index (χ3v) is 8.63. The van der Waals surface area contributed by atoms with Crippen LogP contribution in [-0.4, -0.2) is 63.0 Å². The number of aromatic nitrogens is 2. The summed E-state index contributed by atoms with van der Waals surface area (Å²) < 4.78 is 29.5. The summed E-state index contributed by atoms with van der Waals surface area (Å²) in [5, 5.41) is 5.71. The Kier molecular flexibility index (Phi) is 6.82. The molecular formula is C24H33N5O4S. The van der Waals surface area contributed by atoms with Crippen LogP contribution in [0.4, 0.5) is 16.3 Å². The van der Waals surface area contributed by atoms with E-state index in [2.05, 4.69) is 27.4 Å². The molecule has 0 spiro atoms. The number of rotatable bonds is 7. The number of sulfone groups is 1. The maximum absolute atomic E-state index is 12.6. The highest BCUT2D eigenvalue weighted by atomic mass is 32.2. The van der Waals surface area contributed by atoms with Crippen molar-refractivity contribution in [3.8, 4) is 11.4 Å². The van der Waals surface area contributed by atoms with Gasteiger partial charge in [0.05, 0.1) is 24.9 Å². The van der Waals surface area contributed by atoms with E-state index in [0.29, 0.717) is 55.2 Å². The number of hydrogen-bond acceptors (Lipinski definition) is 7. The molecule has 1 aromatic heterocycles. The number of anilines is 2. The molecule has 1 atom stereocenters. The molecule has 0 radical (unpaired) electrons. The van der Waals surface area contributed by atoms with Crippen molar-refractivity contribution < 1.29 is 17.9 Å². The molecule has 1 aliphatic heterocycles. The molecule has 1 aromatic carbocycles. The Labute approximate surface area is 201 Å². The lowest BCUT2D eigenvalue weighted by molar-refractivity contribution is 0.0985. The Bertz CT molecular complexity index is 1150. The van der Waals surface area contributed by atoms with Crippen molar-refractivity contribution in [3.63, 3.8) is 0 Å². The van der Waals surface area contributed by atoms with Crippen LogP contribution in [0, 0.1) is 5.92 Å². The van der Waals surface area contributed by atoms with E-state index in [0.717, 1.165) is 5.56 Å². The van der Waals surface area contributed by atoms with Crippen LogP contribution in [0.25, 0.3) is 11.4 Å². The summed E-state index contributed by atoms with van der Waals surface area (Å²) in [5.41, 5.74) is 1.83. The predicted molar refractivity (Wildman–Crippen MR) is 133 cm³/mol. The molecule has 2 amide bonds. The van der Waals surface area contributed by atoms with Crippen molar-refractivity contribution in [2.24, 2.45) is 5.92 Å². The van der Waals surface area contributed by atoms with Crippen LogP contribution in [0.2, 0.25) is 0 Å². The van der Waals surface area contributed by atoms with Crippen LogP contribution in [0.15, 0.2) is 30.3 Å². The highest BCUT2D eigenvalue weighted by Crippen LogP contribution is 2.32. The summed E-state index contributed by atoms with van der Waals surface area (Å²) in [6.07, 6.45) is 3.57. The van der Waals surface area contributed by atoms with Gasteiger partial charge in [-0.05, 0) is 63.8 Å². The third-order valence-electron chi connectivity index (χ3n) is 6.57. The Balaban J connectivity index is 1.63. The molecule has 10 heteroatoms. The van der Waals surface area contributed by atoms with Crippen molar-refractivity contribution in [3.05, 3.63) is 36.0 Å². The van der Waals surface area contributed by atoms with E-state index in [1.165, 1.54) is 19.1 Å². The van der Waals surface area contributed by atoms with E-state index in [1.807, 2.05) is 12.1 Å². The Hall–Kier alpha value is -2.72. The molecule has 4 rings (SSSR count). The molecule has 34 heavy (non-hydrogen) atoms. The first-order chi connectivity index (χ1) is 16.0. The maximum Gasteiger partial charge on any atom is 0.319 e. The number of ether oxygens (including phenoxy) is 1. The lowest BCUT2D eigenvalue weighted by atomic mass is 10.1. The summed E-state index contributed by atoms with van der Waals surface area (Å²) in [5.74, 6) is 1.72. The maximum atomic E-state index is 12.6. The average Bonchev–Trinajstić information content (AvgIpc) is 3.62. The van der Waals surface area contributed by atoms with Gasteiger partial charge in [-0.1, -0.05) is 0 Å². The van der Waals surface area contributed by atoms with Crippen LogP contribution in [0.1, 0.15) is 39.3 Å². The Morgan fingerprint density at radius 1 is 1.21 bits per heavy atom. The van der Waals surface area contributed by atoms with Gasteiger partial charge in [0.2, 0.25) is 0 Å². The van der Waals surface area contributed by atoms with Crippen molar-refractivity contribution in [2.75, 3.05) is 42.8 Å². The van der Waals surface area contributed by atoms with Crippen LogP contribution < -0.4 is 15.5 Å².